The van der Waals surface area contributed by atoms with Crippen molar-refractivity contribution >= 4 is 60.8 Å². The minimum atomic E-state index is -0.388. The Bertz CT molecular complexity index is 1160. The van der Waals surface area contributed by atoms with Crippen LogP contribution in [0.25, 0.3) is 10.2 Å². The molecular weight excluding hydrogens is 446 g/mol. The van der Waals surface area contributed by atoms with E-state index >= 15 is 0 Å². The number of anilines is 2. The van der Waals surface area contributed by atoms with Crippen LogP contribution in [0.15, 0.2) is 24.3 Å². The van der Waals surface area contributed by atoms with Crippen LogP contribution in [0.5, 0.6) is 0 Å². The molecule has 1 N–H and O–H groups in total. The summed E-state index contributed by atoms with van der Waals surface area (Å²) in [5.41, 5.74) is 1.63. The molecule has 32 heavy (non-hydrogen) atoms. The van der Waals surface area contributed by atoms with Crippen LogP contribution in [0.3, 0.4) is 0 Å². The van der Waals surface area contributed by atoms with Crippen LogP contribution in [0.4, 0.5) is 10.3 Å². The lowest BCUT2D eigenvalue weighted by atomic mass is 9.88. The summed E-state index contributed by atoms with van der Waals surface area (Å²) < 4.78 is 1.16. The molecule has 8 nitrogen and oxygen atoms in total. The van der Waals surface area contributed by atoms with Crippen molar-refractivity contribution in [1.29, 1.82) is 0 Å². The molecule has 5 rings (SSSR count). The zero-order chi connectivity index (χ0) is 22.2. The van der Waals surface area contributed by atoms with Crippen LogP contribution in [0.1, 0.15) is 35.1 Å². The number of hydrogen-bond acceptors (Lipinski definition) is 8. The van der Waals surface area contributed by atoms with Crippen molar-refractivity contribution in [2.75, 3.05) is 36.4 Å². The summed E-state index contributed by atoms with van der Waals surface area (Å²) in [6, 6.07) is 8.09. The van der Waals surface area contributed by atoms with Gasteiger partial charge in [-0.25, -0.2) is 9.97 Å². The highest BCUT2D eigenvalue weighted by Gasteiger charge is 2.36. The molecule has 3 heterocycles. The van der Waals surface area contributed by atoms with Gasteiger partial charge in [-0.05, 0) is 12.1 Å². The minimum absolute atomic E-state index is 0.0140. The number of aromatic nitrogens is 2. The molecule has 0 bridgehead atoms. The Hall–Kier alpha value is -2.85. The summed E-state index contributed by atoms with van der Waals surface area (Å²) in [5.74, 6) is -0.574. The van der Waals surface area contributed by atoms with E-state index in [2.05, 4.69) is 21.3 Å². The lowest BCUT2D eigenvalue weighted by Gasteiger charge is -2.36. The SMILES string of the molecule is CCC(=O)Nc1nc2c(s1)C(=O)C[C@@H](C(=O)N1CCN(c3nc4ccccc4s3)CC1)C2. The second kappa shape index (κ2) is 8.59. The first-order chi connectivity index (χ1) is 15.5. The predicted molar refractivity (Wildman–Crippen MR) is 126 cm³/mol. The van der Waals surface area contributed by atoms with Gasteiger partial charge in [0, 0.05) is 45.4 Å². The Morgan fingerprint density at radius 1 is 1.09 bits per heavy atom. The molecule has 1 saturated heterocycles. The topological polar surface area (TPSA) is 95.5 Å². The van der Waals surface area contributed by atoms with E-state index in [0.717, 1.165) is 28.4 Å². The molecule has 0 unspecified atom stereocenters. The van der Waals surface area contributed by atoms with Gasteiger partial charge in [-0.1, -0.05) is 41.7 Å². The molecular formula is C22H23N5O3S2. The van der Waals surface area contributed by atoms with E-state index in [1.54, 1.807) is 18.3 Å². The zero-order valence-electron chi connectivity index (χ0n) is 17.7. The number of thiazole rings is 2. The van der Waals surface area contributed by atoms with Crippen LogP contribution in [-0.2, 0) is 16.0 Å². The third-order valence-corrected chi connectivity index (χ3v) is 8.03. The first-order valence-electron chi connectivity index (χ1n) is 10.7. The summed E-state index contributed by atoms with van der Waals surface area (Å²) in [7, 11) is 0. The van der Waals surface area contributed by atoms with E-state index in [4.69, 9.17) is 4.98 Å². The van der Waals surface area contributed by atoms with Gasteiger partial charge < -0.3 is 15.1 Å². The number of hydrogen-bond donors (Lipinski definition) is 1. The highest BCUT2D eigenvalue weighted by molar-refractivity contribution is 7.22. The molecule has 1 atom stereocenters. The number of piperazine rings is 1. The lowest BCUT2D eigenvalue weighted by Crippen LogP contribution is -2.51. The maximum Gasteiger partial charge on any atom is 0.226 e. The molecule has 2 amide bonds. The van der Waals surface area contributed by atoms with Gasteiger partial charge in [0.15, 0.2) is 16.0 Å². The normalized spacial score (nSPS) is 18.7. The predicted octanol–water partition coefficient (Wildman–Crippen LogP) is 3.20. The maximum absolute atomic E-state index is 13.2. The van der Waals surface area contributed by atoms with Crippen molar-refractivity contribution in [2.45, 2.75) is 26.2 Å². The van der Waals surface area contributed by atoms with Crippen LogP contribution in [0, 0.1) is 5.92 Å². The third-order valence-electron chi connectivity index (χ3n) is 5.88. The standard InChI is InChI=1S/C22H23N5O3S2/c1-2-18(29)25-21-23-15-11-13(12-16(28)19(15)32-21)20(30)26-7-9-27(10-8-26)22-24-14-5-3-4-6-17(14)31-22/h3-6,13H,2,7-12H2,1H3,(H,23,25,29)/t13-/m0/s1. The molecule has 1 aliphatic heterocycles. The molecule has 2 aliphatic rings. The van der Waals surface area contributed by atoms with Gasteiger partial charge in [-0.15, -0.1) is 0 Å². The van der Waals surface area contributed by atoms with Crippen LogP contribution < -0.4 is 10.2 Å². The van der Waals surface area contributed by atoms with E-state index in [9.17, 15) is 14.4 Å². The number of nitrogens with one attached hydrogen (secondary N) is 1. The van der Waals surface area contributed by atoms with Crippen molar-refractivity contribution in [1.82, 2.24) is 14.9 Å². The average Bonchev–Trinajstić information content (AvgIpc) is 3.42. The Balaban J connectivity index is 1.23. The molecule has 1 aliphatic carbocycles. The molecule has 166 valence electrons. The fourth-order valence-electron chi connectivity index (χ4n) is 4.14. The highest BCUT2D eigenvalue weighted by Crippen LogP contribution is 2.34. The number of fused-ring (bicyclic) bond motifs is 2. The molecule has 0 saturated carbocycles. The molecule has 0 spiro atoms. The van der Waals surface area contributed by atoms with Gasteiger partial charge >= 0.3 is 0 Å². The quantitative estimate of drug-likeness (QED) is 0.631. The zero-order valence-corrected chi connectivity index (χ0v) is 19.3. The number of nitrogens with zero attached hydrogens (tertiary/aromatic N) is 4. The second-order valence-corrected chi connectivity index (χ2v) is 10.0. The van der Waals surface area contributed by atoms with Crippen LogP contribution in [0.2, 0.25) is 0 Å². The number of benzene rings is 1. The van der Waals surface area contributed by atoms with Crippen LogP contribution in [-0.4, -0.2) is 58.6 Å². The number of carbonyl (C=O) groups excluding carboxylic acids is 3. The van der Waals surface area contributed by atoms with Gasteiger partial charge in [0.2, 0.25) is 11.8 Å². The van der Waals surface area contributed by atoms with Crippen molar-refractivity contribution in [3.8, 4) is 0 Å². The maximum atomic E-state index is 13.2. The molecule has 0 radical (unpaired) electrons. The van der Waals surface area contributed by atoms with Gasteiger partial charge in [-0.2, -0.15) is 0 Å². The minimum Gasteiger partial charge on any atom is -0.345 e. The third kappa shape index (κ3) is 4.00. The van der Waals surface area contributed by atoms with E-state index in [1.165, 1.54) is 11.3 Å². The Labute approximate surface area is 193 Å². The van der Waals surface area contributed by atoms with E-state index in [0.29, 0.717) is 41.6 Å². The number of amides is 2. The number of rotatable bonds is 4. The molecule has 3 aromatic rings. The average molecular weight is 470 g/mol. The van der Waals surface area contributed by atoms with Gasteiger partial charge in [-0.3, -0.25) is 14.4 Å². The fraction of sp³-hybridized carbons (Fsp3) is 0.409. The van der Waals surface area contributed by atoms with Crippen molar-refractivity contribution in [3.05, 3.63) is 34.8 Å². The largest absolute Gasteiger partial charge is 0.345 e. The summed E-state index contributed by atoms with van der Waals surface area (Å²) in [6.07, 6.45) is 0.992. The summed E-state index contributed by atoms with van der Waals surface area (Å²) in [6.45, 7) is 4.43. The van der Waals surface area contributed by atoms with E-state index in [1.807, 2.05) is 23.1 Å². The number of carbonyl (C=O) groups is 3. The smallest absolute Gasteiger partial charge is 0.226 e. The van der Waals surface area contributed by atoms with Crippen molar-refractivity contribution in [3.63, 3.8) is 0 Å². The second-order valence-electron chi connectivity index (χ2n) is 8.00. The van der Waals surface area contributed by atoms with Crippen LogP contribution >= 0.6 is 22.7 Å². The summed E-state index contributed by atoms with van der Waals surface area (Å²) in [5, 5.41) is 4.14. The molecule has 2 aromatic heterocycles. The highest BCUT2D eigenvalue weighted by atomic mass is 32.1. The molecule has 10 heteroatoms. The van der Waals surface area contributed by atoms with E-state index < -0.39 is 0 Å². The van der Waals surface area contributed by atoms with Crippen molar-refractivity contribution < 1.29 is 14.4 Å². The number of para-hydroxylation sites is 1. The van der Waals surface area contributed by atoms with Gasteiger partial charge in [0.25, 0.3) is 0 Å². The first kappa shape index (κ1) is 21.0. The lowest BCUT2D eigenvalue weighted by molar-refractivity contribution is -0.135. The summed E-state index contributed by atoms with van der Waals surface area (Å²) in [4.78, 5) is 51.2. The monoisotopic (exact) mass is 469 g/mol. The Morgan fingerprint density at radius 3 is 2.62 bits per heavy atom. The van der Waals surface area contributed by atoms with E-state index in [-0.39, 0.29) is 29.9 Å². The Kier molecular flexibility index (Phi) is 5.64. The molecule has 1 aromatic carbocycles. The molecule has 1 fully saturated rings. The Morgan fingerprint density at radius 2 is 1.88 bits per heavy atom. The number of ketones is 1. The van der Waals surface area contributed by atoms with Gasteiger partial charge in [0.05, 0.1) is 26.7 Å². The van der Waals surface area contributed by atoms with Crippen molar-refractivity contribution in [2.24, 2.45) is 5.92 Å². The fourth-order valence-corrected chi connectivity index (χ4v) is 6.11. The first-order valence-corrected chi connectivity index (χ1v) is 12.4. The van der Waals surface area contributed by atoms with Gasteiger partial charge in [0.1, 0.15) is 0 Å². The summed E-state index contributed by atoms with van der Waals surface area (Å²) >= 11 is 2.88. The number of Topliss-reactive ketones (excluding diaryl/α,β-unsaturated/α-hetero) is 1.